The molecule has 0 saturated carbocycles. The second-order valence-corrected chi connectivity index (χ2v) is 6.60. The Morgan fingerprint density at radius 3 is 2.71 bits per heavy atom. The summed E-state index contributed by atoms with van der Waals surface area (Å²) in [4.78, 5) is 6.85. The zero-order chi connectivity index (χ0) is 16.4. The molecule has 1 atom stereocenters. The van der Waals surface area contributed by atoms with Crippen molar-refractivity contribution in [1.29, 1.82) is 0 Å². The summed E-state index contributed by atoms with van der Waals surface area (Å²) in [7, 11) is 0. The lowest BCUT2D eigenvalue weighted by Crippen LogP contribution is -2.46. The molecule has 0 amide bonds. The van der Waals surface area contributed by atoms with E-state index in [9.17, 15) is 0 Å². The average Bonchev–Trinajstić information content (AvgIpc) is 3.28. The van der Waals surface area contributed by atoms with Crippen LogP contribution in [-0.4, -0.2) is 47.1 Å². The van der Waals surface area contributed by atoms with Crippen LogP contribution >= 0.6 is 11.6 Å². The molecule has 3 heterocycles. The molecular formula is C17H20ClN3O3. The summed E-state index contributed by atoms with van der Waals surface area (Å²) in [5.41, 5.74) is 0.895. The van der Waals surface area contributed by atoms with E-state index < -0.39 is 0 Å². The van der Waals surface area contributed by atoms with Crippen LogP contribution < -0.4 is 0 Å². The summed E-state index contributed by atoms with van der Waals surface area (Å²) in [5, 5.41) is 4.78. The second-order valence-electron chi connectivity index (χ2n) is 6.16. The van der Waals surface area contributed by atoms with E-state index in [0.29, 0.717) is 36.5 Å². The molecule has 0 bridgehead atoms. The molecule has 0 aliphatic carbocycles. The zero-order valence-corrected chi connectivity index (χ0v) is 14.1. The van der Waals surface area contributed by atoms with Gasteiger partial charge in [-0.2, -0.15) is 4.98 Å². The quantitative estimate of drug-likeness (QED) is 0.845. The Morgan fingerprint density at radius 2 is 1.92 bits per heavy atom. The first-order valence-electron chi connectivity index (χ1n) is 8.35. The lowest BCUT2D eigenvalue weighted by molar-refractivity contribution is -0.112. The smallest absolute Gasteiger partial charge is 0.241 e. The van der Waals surface area contributed by atoms with Crippen molar-refractivity contribution in [3.8, 4) is 11.4 Å². The molecule has 0 spiro atoms. The SMILES string of the molecule is Clc1ccc(-c2noc(CN3CCCC[C@H]3C3OCCO3)n2)cc1. The molecule has 2 aromatic rings. The van der Waals surface area contributed by atoms with Gasteiger partial charge in [-0.1, -0.05) is 23.2 Å². The molecule has 2 fully saturated rings. The highest BCUT2D eigenvalue weighted by Gasteiger charge is 2.34. The number of rotatable bonds is 4. The monoisotopic (exact) mass is 349 g/mol. The van der Waals surface area contributed by atoms with E-state index in [4.69, 9.17) is 25.6 Å². The molecule has 0 unspecified atom stereocenters. The van der Waals surface area contributed by atoms with Crippen LogP contribution in [0.4, 0.5) is 0 Å². The van der Waals surface area contributed by atoms with Crippen LogP contribution in [0.5, 0.6) is 0 Å². The van der Waals surface area contributed by atoms with Gasteiger partial charge in [0.1, 0.15) is 0 Å². The molecule has 7 heteroatoms. The van der Waals surface area contributed by atoms with E-state index in [-0.39, 0.29) is 12.3 Å². The van der Waals surface area contributed by atoms with Crippen molar-refractivity contribution in [2.75, 3.05) is 19.8 Å². The van der Waals surface area contributed by atoms with Gasteiger partial charge in [-0.25, -0.2) is 0 Å². The first-order chi connectivity index (χ1) is 11.8. The van der Waals surface area contributed by atoms with Crippen LogP contribution in [0.15, 0.2) is 28.8 Å². The minimum absolute atomic E-state index is 0.135. The molecular weight excluding hydrogens is 330 g/mol. The summed E-state index contributed by atoms with van der Waals surface area (Å²) in [6.07, 6.45) is 3.30. The molecule has 24 heavy (non-hydrogen) atoms. The molecule has 0 radical (unpaired) electrons. The van der Waals surface area contributed by atoms with Crippen molar-refractivity contribution >= 4 is 11.6 Å². The summed E-state index contributed by atoms with van der Waals surface area (Å²) in [6.45, 7) is 2.97. The van der Waals surface area contributed by atoms with E-state index in [1.54, 1.807) is 0 Å². The fourth-order valence-electron chi connectivity index (χ4n) is 3.33. The molecule has 4 rings (SSSR count). The van der Waals surface area contributed by atoms with Gasteiger partial charge in [-0.15, -0.1) is 0 Å². The molecule has 2 aliphatic heterocycles. The van der Waals surface area contributed by atoms with Crippen molar-refractivity contribution in [3.05, 3.63) is 35.2 Å². The predicted octanol–water partition coefficient (Wildman–Crippen LogP) is 3.12. The van der Waals surface area contributed by atoms with Crippen molar-refractivity contribution in [3.63, 3.8) is 0 Å². The third-order valence-electron chi connectivity index (χ3n) is 4.53. The van der Waals surface area contributed by atoms with Gasteiger partial charge in [0, 0.05) is 10.6 Å². The average molecular weight is 350 g/mol. The molecule has 2 saturated heterocycles. The van der Waals surface area contributed by atoms with Gasteiger partial charge in [0.2, 0.25) is 11.7 Å². The largest absolute Gasteiger partial charge is 0.349 e. The van der Waals surface area contributed by atoms with Crippen LogP contribution in [0.3, 0.4) is 0 Å². The normalized spacial score (nSPS) is 23.0. The van der Waals surface area contributed by atoms with Gasteiger partial charge in [-0.3, -0.25) is 4.90 Å². The van der Waals surface area contributed by atoms with Gasteiger partial charge in [-0.05, 0) is 43.7 Å². The summed E-state index contributed by atoms with van der Waals surface area (Å²) in [6, 6.07) is 7.68. The molecule has 1 aromatic heterocycles. The maximum absolute atomic E-state index is 5.92. The zero-order valence-electron chi connectivity index (χ0n) is 13.4. The summed E-state index contributed by atoms with van der Waals surface area (Å²) < 4.78 is 16.9. The van der Waals surface area contributed by atoms with Gasteiger partial charge in [0.25, 0.3) is 0 Å². The third-order valence-corrected chi connectivity index (χ3v) is 4.79. The highest BCUT2D eigenvalue weighted by molar-refractivity contribution is 6.30. The van der Waals surface area contributed by atoms with Crippen LogP contribution in [0.2, 0.25) is 5.02 Å². The van der Waals surface area contributed by atoms with Crippen LogP contribution in [-0.2, 0) is 16.0 Å². The minimum atomic E-state index is -0.135. The van der Waals surface area contributed by atoms with Crippen LogP contribution in [0, 0.1) is 0 Å². The Kier molecular flexibility index (Phi) is 4.80. The first kappa shape index (κ1) is 16.0. The second kappa shape index (κ2) is 7.19. The Balaban J connectivity index is 1.46. The minimum Gasteiger partial charge on any atom is -0.349 e. The Morgan fingerprint density at radius 1 is 1.12 bits per heavy atom. The number of aromatic nitrogens is 2. The highest BCUT2D eigenvalue weighted by Crippen LogP contribution is 2.26. The fourth-order valence-corrected chi connectivity index (χ4v) is 3.46. The van der Waals surface area contributed by atoms with Gasteiger partial charge < -0.3 is 14.0 Å². The number of hydrogen-bond acceptors (Lipinski definition) is 6. The molecule has 6 nitrogen and oxygen atoms in total. The maximum atomic E-state index is 5.92. The van der Waals surface area contributed by atoms with E-state index in [2.05, 4.69) is 15.0 Å². The van der Waals surface area contributed by atoms with E-state index >= 15 is 0 Å². The Hall–Kier alpha value is -1.47. The number of nitrogens with zero attached hydrogens (tertiary/aromatic N) is 3. The van der Waals surface area contributed by atoms with E-state index in [1.165, 1.54) is 12.8 Å². The number of hydrogen-bond donors (Lipinski definition) is 0. The topological polar surface area (TPSA) is 60.6 Å². The summed E-state index contributed by atoms with van der Waals surface area (Å²) in [5.74, 6) is 1.20. The number of halogens is 1. The van der Waals surface area contributed by atoms with Crippen molar-refractivity contribution < 1.29 is 14.0 Å². The van der Waals surface area contributed by atoms with Gasteiger partial charge in [0.15, 0.2) is 6.29 Å². The van der Waals surface area contributed by atoms with Crippen molar-refractivity contribution in [1.82, 2.24) is 15.0 Å². The standard InChI is InChI=1S/C17H20ClN3O3/c18-13-6-4-12(5-7-13)16-19-15(24-20-16)11-21-8-2-1-3-14(21)17-22-9-10-23-17/h4-7,14,17H,1-3,8-11H2/t14-/m0/s1. The highest BCUT2D eigenvalue weighted by atomic mass is 35.5. The predicted molar refractivity (Wildman–Crippen MR) is 88.5 cm³/mol. The Bertz CT molecular complexity index is 670. The fraction of sp³-hybridized carbons (Fsp3) is 0.529. The van der Waals surface area contributed by atoms with Gasteiger partial charge >= 0.3 is 0 Å². The Labute approximate surface area is 145 Å². The van der Waals surface area contributed by atoms with Crippen LogP contribution in [0.25, 0.3) is 11.4 Å². The number of likely N-dealkylation sites (tertiary alicyclic amines) is 1. The van der Waals surface area contributed by atoms with Crippen molar-refractivity contribution in [2.45, 2.75) is 38.1 Å². The van der Waals surface area contributed by atoms with E-state index in [0.717, 1.165) is 18.5 Å². The van der Waals surface area contributed by atoms with Gasteiger partial charge in [0.05, 0.1) is 25.8 Å². The van der Waals surface area contributed by atoms with E-state index in [1.807, 2.05) is 24.3 Å². The first-order valence-corrected chi connectivity index (χ1v) is 8.73. The molecule has 0 N–H and O–H groups in total. The third kappa shape index (κ3) is 3.47. The maximum Gasteiger partial charge on any atom is 0.241 e. The number of benzene rings is 1. The summed E-state index contributed by atoms with van der Waals surface area (Å²) >= 11 is 5.92. The lowest BCUT2D eigenvalue weighted by atomic mass is 10.0. The number of ether oxygens (including phenoxy) is 2. The van der Waals surface area contributed by atoms with Crippen LogP contribution in [0.1, 0.15) is 25.2 Å². The molecule has 128 valence electrons. The lowest BCUT2D eigenvalue weighted by Gasteiger charge is -2.36. The molecule has 2 aliphatic rings. The molecule has 1 aromatic carbocycles. The number of piperidine rings is 1. The van der Waals surface area contributed by atoms with Crippen molar-refractivity contribution in [2.24, 2.45) is 0 Å².